The van der Waals surface area contributed by atoms with Crippen LogP contribution in [-0.4, -0.2) is 0 Å². The summed E-state index contributed by atoms with van der Waals surface area (Å²) < 4.78 is 26.7. The zero-order valence-corrected chi connectivity index (χ0v) is 77.3. The molecule has 4 aromatic heterocycles. The van der Waals surface area contributed by atoms with E-state index in [-0.39, 0.29) is 10.8 Å². The van der Waals surface area contributed by atoms with Crippen LogP contribution in [0.1, 0.15) is 52.7 Å². The molecule has 0 saturated carbocycles. The highest BCUT2D eigenvalue weighted by Crippen LogP contribution is 2.57. The molecule has 0 aliphatic carbocycles. The molecule has 0 N–H and O–H groups in total. The van der Waals surface area contributed by atoms with Crippen molar-refractivity contribution in [2.24, 2.45) is 0 Å². The molecular formula is C130H94N4O4. The van der Waals surface area contributed by atoms with E-state index in [1.165, 1.54) is 76.1 Å². The van der Waals surface area contributed by atoms with Crippen molar-refractivity contribution in [3.05, 3.63) is 472 Å². The summed E-state index contributed by atoms with van der Waals surface area (Å²) in [7, 11) is 0. The third-order valence-electron chi connectivity index (χ3n) is 27.7. The number of para-hydroxylation sites is 12. The Bertz CT molecular complexity index is 9060. The van der Waals surface area contributed by atoms with Crippen molar-refractivity contribution in [2.75, 3.05) is 19.6 Å². The lowest BCUT2D eigenvalue weighted by Crippen LogP contribution is -2.16. The Labute approximate surface area is 798 Å². The first-order chi connectivity index (χ1) is 67.8. The average Bonchev–Trinajstić information content (AvgIpc) is 0.906. The van der Waals surface area contributed by atoms with Gasteiger partial charge in [0.05, 0.1) is 45.5 Å². The zero-order chi connectivity index (χ0) is 92.4. The van der Waals surface area contributed by atoms with E-state index < -0.39 is 0 Å². The minimum Gasteiger partial charge on any atom is -0.454 e. The topological polar surface area (TPSA) is 65.5 Å². The Hall–Kier alpha value is -17.5. The molecule has 0 radical (unpaired) electrons. The molecule has 0 atom stereocenters. The summed E-state index contributed by atoms with van der Waals surface area (Å²) in [6.07, 6.45) is 0. The van der Waals surface area contributed by atoms with E-state index in [0.717, 1.165) is 178 Å². The molecule has 658 valence electrons. The molecule has 0 amide bonds. The van der Waals surface area contributed by atoms with Gasteiger partial charge in [0.15, 0.2) is 22.3 Å². The van der Waals surface area contributed by atoms with Gasteiger partial charge >= 0.3 is 0 Å². The Kier molecular flexibility index (Phi) is 19.9. The van der Waals surface area contributed by atoms with E-state index in [9.17, 15) is 0 Å². The number of anilines is 12. The first-order valence-corrected chi connectivity index (χ1v) is 47.5. The van der Waals surface area contributed by atoms with Crippen LogP contribution in [0.3, 0.4) is 0 Å². The normalized spacial score (nSPS) is 12.0. The molecule has 27 rings (SSSR count). The van der Waals surface area contributed by atoms with Crippen LogP contribution in [0, 0.1) is 0 Å². The molecule has 4 heterocycles. The fraction of sp³-hybridized carbons (Fsp3) is 0.0615. The van der Waals surface area contributed by atoms with Crippen molar-refractivity contribution in [2.45, 2.75) is 52.4 Å². The van der Waals surface area contributed by atoms with Gasteiger partial charge in [0.2, 0.25) is 0 Å². The largest absolute Gasteiger partial charge is 0.454 e. The van der Waals surface area contributed by atoms with Crippen LogP contribution in [0.15, 0.2) is 479 Å². The van der Waals surface area contributed by atoms with Crippen LogP contribution in [-0.2, 0) is 10.8 Å². The molecule has 0 spiro atoms. The van der Waals surface area contributed by atoms with Gasteiger partial charge in [-0.25, -0.2) is 0 Å². The van der Waals surface area contributed by atoms with Crippen LogP contribution in [0.5, 0.6) is 0 Å². The first kappa shape index (κ1) is 82.4. The van der Waals surface area contributed by atoms with Gasteiger partial charge in [-0.1, -0.05) is 399 Å². The van der Waals surface area contributed by atoms with Gasteiger partial charge in [0, 0.05) is 104 Å². The van der Waals surface area contributed by atoms with Crippen LogP contribution >= 0.6 is 0 Å². The molecule has 0 bridgehead atoms. The lowest BCUT2D eigenvalue weighted by molar-refractivity contribution is 0.595. The Morgan fingerprint density at radius 1 is 0.174 bits per heavy atom. The van der Waals surface area contributed by atoms with E-state index in [1.807, 2.05) is 42.5 Å². The van der Waals surface area contributed by atoms with Crippen LogP contribution in [0.25, 0.3) is 174 Å². The maximum atomic E-state index is 6.71. The Morgan fingerprint density at radius 3 is 0.768 bits per heavy atom. The summed E-state index contributed by atoms with van der Waals surface area (Å²) in [4.78, 5) is 9.55. The quantitative estimate of drug-likeness (QED) is 0.0643. The second-order valence-electron chi connectivity index (χ2n) is 38.0. The summed E-state index contributed by atoms with van der Waals surface area (Å²) in [6, 6.07) is 164. The van der Waals surface area contributed by atoms with Gasteiger partial charge in [0.1, 0.15) is 22.3 Å². The van der Waals surface area contributed by atoms with Crippen LogP contribution in [0.2, 0.25) is 0 Å². The number of fused-ring (bicyclic) bond motifs is 16. The van der Waals surface area contributed by atoms with Crippen LogP contribution < -0.4 is 19.6 Å². The molecule has 0 aliphatic rings. The predicted octanol–water partition coefficient (Wildman–Crippen LogP) is 38.3. The standard InChI is InChI=1S/C50H32N2O2.C42H37NO.C38H25NO/c1-3-17-33(18-4-1)51(43-29-15-27-41-35-21-11-13-31-45(35)53-49(41)43)47-37-23-7-9-25-39(37)48(40-26-10-8-24-38(40)47)52(34-19-5-2-6-20-34)44-30-16-28-42-36-22-12-14-32-46(36)54-50(42)44;1-41(2,3)33-24-20-26-19-21-31-34(42(4,5)6)25-36(32-23-22-30(33)38(26)39(31)32)43(27-13-8-7-9-14-27)35-17-12-16-29-28-15-10-11-18-37(28)44-40(29)35;1-3-14-26(15-4-1)36-29-19-7-9-21-31(29)37(32-22-10-8-20-30(32)36)39(27-16-5-2-6-17-27)34-24-13-23-33-28-18-11-12-25-35(28)40-38(33)34/h1-32H;7-25H,1-6H3;1-25H. The minimum atomic E-state index is -0.0718. The van der Waals surface area contributed by atoms with Crippen molar-refractivity contribution in [3.63, 3.8) is 0 Å². The van der Waals surface area contributed by atoms with Crippen molar-refractivity contribution in [1.29, 1.82) is 0 Å². The minimum absolute atomic E-state index is 0.0327. The first-order valence-electron chi connectivity index (χ1n) is 47.5. The molecule has 23 aromatic carbocycles. The molecule has 0 fully saturated rings. The van der Waals surface area contributed by atoms with Crippen molar-refractivity contribution in [3.8, 4) is 11.1 Å². The van der Waals surface area contributed by atoms with Gasteiger partial charge in [-0.3, -0.25) is 0 Å². The second kappa shape index (κ2) is 33.3. The van der Waals surface area contributed by atoms with Gasteiger partial charge in [0.25, 0.3) is 0 Å². The highest BCUT2D eigenvalue weighted by Gasteiger charge is 2.34. The summed E-state index contributed by atoms with van der Waals surface area (Å²) in [6.45, 7) is 13.9. The van der Waals surface area contributed by atoms with Crippen molar-refractivity contribution >= 4 is 231 Å². The van der Waals surface area contributed by atoms with Crippen molar-refractivity contribution < 1.29 is 17.7 Å². The van der Waals surface area contributed by atoms with Gasteiger partial charge in [-0.15, -0.1) is 0 Å². The molecule has 8 nitrogen and oxygen atoms in total. The molecule has 0 saturated heterocycles. The smallest absolute Gasteiger partial charge is 0.159 e. The van der Waals surface area contributed by atoms with E-state index >= 15 is 0 Å². The van der Waals surface area contributed by atoms with Gasteiger partial charge in [-0.2, -0.15) is 0 Å². The predicted molar refractivity (Wildman–Crippen MR) is 584 cm³/mol. The molecule has 27 aromatic rings. The lowest BCUT2D eigenvalue weighted by Gasteiger charge is -2.32. The third-order valence-corrected chi connectivity index (χ3v) is 27.7. The number of rotatable bonds is 13. The van der Waals surface area contributed by atoms with Gasteiger partial charge in [-0.05, 0) is 174 Å². The zero-order valence-electron chi connectivity index (χ0n) is 77.3. The highest BCUT2D eigenvalue weighted by molar-refractivity contribution is 6.30. The van der Waals surface area contributed by atoms with Gasteiger partial charge < -0.3 is 37.3 Å². The lowest BCUT2D eigenvalue weighted by atomic mass is 9.78. The van der Waals surface area contributed by atoms with Crippen LogP contribution in [0.4, 0.5) is 68.2 Å². The van der Waals surface area contributed by atoms with E-state index in [0.29, 0.717) is 0 Å². The Balaban J connectivity index is 0.000000111. The van der Waals surface area contributed by atoms with E-state index in [1.54, 1.807) is 0 Å². The van der Waals surface area contributed by atoms with E-state index in [4.69, 9.17) is 17.7 Å². The molecule has 0 aliphatic heterocycles. The Morgan fingerprint density at radius 2 is 0.428 bits per heavy atom. The number of hydrogen-bond donors (Lipinski definition) is 0. The number of furan rings is 4. The maximum Gasteiger partial charge on any atom is 0.159 e. The fourth-order valence-electron chi connectivity index (χ4n) is 21.7. The summed E-state index contributed by atoms with van der Waals surface area (Å²) in [5, 5.41) is 26.1. The number of hydrogen-bond acceptors (Lipinski definition) is 8. The number of nitrogens with zero attached hydrogens (tertiary/aromatic N) is 4. The average molecular weight is 1780 g/mol. The highest BCUT2D eigenvalue weighted by atomic mass is 16.3. The van der Waals surface area contributed by atoms with Crippen molar-refractivity contribution in [1.82, 2.24) is 0 Å². The second-order valence-corrected chi connectivity index (χ2v) is 38.0. The third kappa shape index (κ3) is 13.7. The molecule has 0 unspecified atom stereocenters. The summed E-state index contributed by atoms with van der Waals surface area (Å²) >= 11 is 0. The maximum absolute atomic E-state index is 6.71. The SMILES string of the molecule is CC(C)(C)c1ccc2ccc3c(C(C)(C)C)cc(N(c4ccccc4)c4cccc5c4oc4ccccc45)c4ccc1c2c43.c1ccc(-c2c3ccccc3c(N(c3ccccc3)c3cccc4c3oc3ccccc34)c3ccccc23)cc1.c1ccc(N(c2c3ccccc3c(N(c3ccccc3)c3cccc4c3oc3ccccc34)c3ccccc23)c2cccc3c2oc2ccccc23)cc1. The summed E-state index contributed by atoms with van der Waals surface area (Å²) in [5.41, 5.74) is 24.9. The molecule has 8 heteroatoms. The summed E-state index contributed by atoms with van der Waals surface area (Å²) in [5.74, 6) is 0. The monoisotopic (exact) mass is 1770 g/mol. The number of benzene rings is 23. The molecular weight excluding hydrogens is 1680 g/mol. The fourth-order valence-corrected chi connectivity index (χ4v) is 21.7. The molecule has 138 heavy (non-hydrogen) atoms. The van der Waals surface area contributed by atoms with E-state index in [2.05, 4.69) is 480 Å².